The first-order chi connectivity index (χ1) is 15.0. The molecule has 32 heavy (non-hydrogen) atoms. The van der Waals surface area contributed by atoms with Crippen molar-refractivity contribution in [2.45, 2.75) is 31.8 Å². The maximum Gasteiger partial charge on any atom is 0.422 e. The van der Waals surface area contributed by atoms with Gasteiger partial charge in [-0.2, -0.15) is 17.5 Å². The number of ether oxygens (including phenoxy) is 1. The Morgan fingerprint density at radius 3 is 2.25 bits per heavy atom. The first-order valence-corrected chi connectivity index (χ1v) is 11.3. The normalized spacial score (nSPS) is 12.0. The number of alkyl halides is 3. The summed E-state index contributed by atoms with van der Waals surface area (Å²) in [7, 11) is -3.60. The standard InChI is InChI=1S/C21H26F3N3O4S/c1-4-27(5-2)32(29,30)17-9-7-16(8-10-17)26-20(28)13-25-18-11-6-15(3)12-19(18)31-14-21(22,23)24/h6-12,25H,4-5,13-14H2,1-3H3,(H,26,28). The van der Waals surface area contributed by atoms with Gasteiger partial charge in [0.1, 0.15) is 5.75 Å². The van der Waals surface area contributed by atoms with Gasteiger partial charge in [0.25, 0.3) is 0 Å². The first kappa shape index (κ1) is 25.5. The summed E-state index contributed by atoms with van der Waals surface area (Å²) in [6.07, 6.45) is -4.48. The maximum atomic E-state index is 12.5. The second-order valence-electron chi connectivity index (χ2n) is 6.92. The predicted molar refractivity (Wildman–Crippen MR) is 116 cm³/mol. The number of rotatable bonds is 10. The smallest absolute Gasteiger partial charge is 0.422 e. The molecule has 0 fully saturated rings. The molecule has 0 heterocycles. The molecule has 11 heteroatoms. The van der Waals surface area contributed by atoms with E-state index in [1.54, 1.807) is 26.8 Å². The Morgan fingerprint density at radius 2 is 1.69 bits per heavy atom. The van der Waals surface area contributed by atoms with E-state index < -0.39 is 28.7 Å². The lowest BCUT2D eigenvalue weighted by Gasteiger charge is -2.18. The van der Waals surface area contributed by atoms with Gasteiger partial charge in [-0.1, -0.05) is 19.9 Å². The van der Waals surface area contributed by atoms with Gasteiger partial charge in [0.15, 0.2) is 6.61 Å². The van der Waals surface area contributed by atoms with Crippen molar-refractivity contribution in [1.29, 1.82) is 0 Å². The van der Waals surface area contributed by atoms with Crippen molar-refractivity contribution in [3.8, 4) is 5.75 Å². The van der Waals surface area contributed by atoms with Gasteiger partial charge in [-0.05, 0) is 48.9 Å². The third-order valence-electron chi connectivity index (χ3n) is 4.45. The van der Waals surface area contributed by atoms with Gasteiger partial charge < -0.3 is 15.4 Å². The summed E-state index contributed by atoms with van der Waals surface area (Å²) in [5, 5.41) is 5.36. The van der Waals surface area contributed by atoms with E-state index in [0.717, 1.165) is 0 Å². The van der Waals surface area contributed by atoms with Crippen LogP contribution in [-0.2, 0) is 14.8 Å². The molecule has 0 bridgehead atoms. The highest BCUT2D eigenvalue weighted by atomic mass is 32.2. The van der Waals surface area contributed by atoms with Crippen LogP contribution in [0.1, 0.15) is 19.4 Å². The lowest BCUT2D eigenvalue weighted by molar-refractivity contribution is -0.153. The second kappa shape index (κ2) is 10.7. The molecule has 0 spiro atoms. The summed E-state index contributed by atoms with van der Waals surface area (Å²) >= 11 is 0. The highest BCUT2D eigenvalue weighted by Crippen LogP contribution is 2.28. The minimum Gasteiger partial charge on any atom is -0.482 e. The largest absolute Gasteiger partial charge is 0.482 e. The molecule has 0 aliphatic rings. The number of benzene rings is 2. The summed E-state index contributed by atoms with van der Waals surface area (Å²) in [6.45, 7) is 4.21. The minimum atomic E-state index is -4.48. The van der Waals surface area contributed by atoms with Crippen LogP contribution in [0.3, 0.4) is 0 Å². The Hall–Kier alpha value is -2.79. The first-order valence-electron chi connectivity index (χ1n) is 9.90. The van der Waals surface area contributed by atoms with E-state index >= 15 is 0 Å². The molecule has 7 nitrogen and oxygen atoms in total. The molecule has 2 N–H and O–H groups in total. The van der Waals surface area contributed by atoms with Crippen molar-refractivity contribution < 1.29 is 31.1 Å². The van der Waals surface area contributed by atoms with Crippen LogP contribution in [0.4, 0.5) is 24.5 Å². The van der Waals surface area contributed by atoms with E-state index in [1.165, 1.54) is 40.7 Å². The number of hydrogen-bond donors (Lipinski definition) is 2. The van der Waals surface area contributed by atoms with E-state index in [9.17, 15) is 26.4 Å². The van der Waals surface area contributed by atoms with Crippen LogP contribution in [-0.4, -0.2) is 51.0 Å². The molecule has 0 saturated carbocycles. The number of halogens is 3. The Morgan fingerprint density at radius 1 is 1.06 bits per heavy atom. The molecule has 2 aromatic rings. The molecule has 2 aromatic carbocycles. The fourth-order valence-electron chi connectivity index (χ4n) is 2.86. The van der Waals surface area contributed by atoms with Gasteiger partial charge in [0.05, 0.1) is 17.1 Å². The molecule has 0 unspecified atom stereocenters. The van der Waals surface area contributed by atoms with E-state index in [4.69, 9.17) is 4.74 Å². The Kier molecular flexibility index (Phi) is 8.51. The number of hydrogen-bond acceptors (Lipinski definition) is 5. The number of aryl methyl sites for hydroxylation is 1. The lowest BCUT2D eigenvalue weighted by Crippen LogP contribution is -2.30. The zero-order valence-electron chi connectivity index (χ0n) is 18.0. The molecule has 0 aliphatic carbocycles. The molecule has 2 rings (SSSR count). The van der Waals surface area contributed by atoms with Crippen LogP contribution in [0, 0.1) is 6.92 Å². The molecule has 1 amide bonds. The molecule has 0 radical (unpaired) electrons. The molecule has 0 saturated heterocycles. The molecule has 0 atom stereocenters. The quantitative estimate of drug-likeness (QED) is 0.544. The number of nitrogens with one attached hydrogen (secondary N) is 2. The zero-order valence-corrected chi connectivity index (χ0v) is 18.8. The third-order valence-corrected chi connectivity index (χ3v) is 6.51. The number of carbonyl (C=O) groups excluding carboxylic acids is 1. The summed E-state index contributed by atoms with van der Waals surface area (Å²) < 4.78 is 68.6. The highest BCUT2D eigenvalue weighted by molar-refractivity contribution is 7.89. The van der Waals surface area contributed by atoms with E-state index in [2.05, 4.69) is 10.6 Å². The van der Waals surface area contributed by atoms with E-state index in [1.807, 2.05) is 0 Å². The van der Waals surface area contributed by atoms with Crippen molar-refractivity contribution in [1.82, 2.24) is 4.31 Å². The van der Waals surface area contributed by atoms with Gasteiger partial charge in [0.2, 0.25) is 15.9 Å². The van der Waals surface area contributed by atoms with E-state index in [0.29, 0.717) is 24.3 Å². The predicted octanol–water partition coefficient (Wildman–Crippen LogP) is 4.02. The lowest BCUT2D eigenvalue weighted by atomic mass is 10.2. The second-order valence-corrected chi connectivity index (χ2v) is 8.86. The van der Waals surface area contributed by atoms with Crippen LogP contribution in [0.5, 0.6) is 5.75 Å². The van der Waals surface area contributed by atoms with Gasteiger partial charge in [0, 0.05) is 18.8 Å². The number of sulfonamides is 1. The molecular weight excluding hydrogens is 447 g/mol. The van der Waals surface area contributed by atoms with Crippen molar-refractivity contribution in [3.63, 3.8) is 0 Å². The summed E-state index contributed by atoms with van der Waals surface area (Å²) in [5.74, 6) is -0.479. The summed E-state index contributed by atoms with van der Waals surface area (Å²) in [5.41, 5.74) is 1.33. The topological polar surface area (TPSA) is 87.7 Å². The van der Waals surface area contributed by atoms with Gasteiger partial charge in [-0.3, -0.25) is 4.79 Å². The van der Waals surface area contributed by atoms with Crippen molar-refractivity contribution in [2.75, 3.05) is 36.9 Å². The minimum absolute atomic E-state index is 0.0129. The van der Waals surface area contributed by atoms with Gasteiger partial charge in [-0.25, -0.2) is 8.42 Å². The van der Waals surface area contributed by atoms with Gasteiger partial charge in [-0.15, -0.1) is 0 Å². The monoisotopic (exact) mass is 473 g/mol. The summed E-state index contributed by atoms with van der Waals surface area (Å²) in [4.78, 5) is 12.4. The fraction of sp³-hybridized carbons (Fsp3) is 0.381. The van der Waals surface area contributed by atoms with Crippen molar-refractivity contribution in [3.05, 3.63) is 48.0 Å². The Bertz CT molecular complexity index is 1020. The average molecular weight is 474 g/mol. The summed E-state index contributed by atoms with van der Waals surface area (Å²) in [6, 6.07) is 10.4. The number of nitrogens with zero attached hydrogens (tertiary/aromatic N) is 1. The van der Waals surface area contributed by atoms with Crippen LogP contribution in [0.15, 0.2) is 47.4 Å². The molecule has 0 aliphatic heterocycles. The van der Waals surface area contributed by atoms with Crippen LogP contribution >= 0.6 is 0 Å². The Labute approximate surface area is 185 Å². The number of amides is 1. The zero-order chi connectivity index (χ0) is 23.9. The number of carbonyl (C=O) groups is 1. The fourth-order valence-corrected chi connectivity index (χ4v) is 4.32. The Balaban J connectivity index is 2.01. The molecule has 0 aromatic heterocycles. The molecule has 176 valence electrons. The van der Waals surface area contributed by atoms with E-state index in [-0.39, 0.29) is 22.9 Å². The van der Waals surface area contributed by atoms with Crippen LogP contribution in [0.2, 0.25) is 0 Å². The van der Waals surface area contributed by atoms with Gasteiger partial charge >= 0.3 is 6.18 Å². The van der Waals surface area contributed by atoms with Crippen molar-refractivity contribution in [2.24, 2.45) is 0 Å². The SMILES string of the molecule is CCN(CC)S(=O)(=O)c1ccc(NC(=O)CNc2ccc(C)cc2OCC(F)(F)F)cc1. The molecular formula is C21H26F3N3O4S. The number of anilines is 2. The van der Waals surface area contributed by atoms with Crippen LogP contribution < -0.4 is 15.4 Å². The third kappa shape index (κ3) is 7.13. The highest BCUT2D eigenvalue weighted by Gasteiger charge is 2.29. The average Bonchev–Trinajstić information content (AvgIpc) is 2.72. The van der Waals surface area contributed by atoms with Crippen LogP contribution in [0.25, 0.3) is 0 Å². The maximum absolute atomic E-state index is 12.5. The van der Waals surface area contributed by atoms with Crippen molar-refractivity contribution >= 4 is 27.3 Å².